The molecule has 0 aliphatic rings. The summed E-state index contributed by atoms with van der Waals surface area (Å²) < 4.78 is 0. The number of benzene rings is 2. The highest BCUT2D eigenvalue weighted by Crippen LogP contribution is 2.41. The van der Waals surface area contributed by atoms with E-state index >= 15 is 0 Å². The molecule has 0 radical (unpaired) electrons. The third-order valence-electron chi connectivity index (χ3n) is 5.56. The quantitative estimate of drug-likeness (QED) is 0.401. The zero-order valence-electron chi connectivity index (χ0n) is 16.6. The Morgan fingerprint density at radius 1 is 0.600 bits per heavy atom. The summed E-state index contributed by atoms with van der Waals surface area (Å²) in [7, 11) is -1.72. The maximum absolute atomic E-state index is 3.92. The third-order valence-corrected chi connectivity index (χ3v) is 11.9. The fraction of sp³-hybridized carbons (Fsp3) is 0.417. The van der Waals surface area contributed by atoms with E-state index in [1.165, 1.54) is 11.1 Å². The molecule has 0 bridgehead atoms. The van der Waals surface area contributed by atoms with Gasteiger partial charge in [0.15, 0.2) is 0 Å². The predicted molar refractivity (Wildman–Crippen MR) is 114 cm³/mol. The fourth-order valence-corrected chi connectivity index (χ4v) is 9.54. The van der Waals surface area contributed by atoms with Crippen molar-refractivity contribution in [3.8, 4) is 11.5 Å². The summed E-state index contributed by atoms with van der Waals surface area (Å²) >= 11 is 0. The van der Waals surface area contributed by atoms with E-state index < -0.39 is 8.07 Å². The second-order valence-corrected chi connectivity index (χ2v) is 13.5. The molecule has 0 N–H and O–H groups in total. The van der Waals surface area contributed by atoms with Crippen LogP contribution in [0.1, 0.15) is 58.6 Å². The van der Waals surface area contributed by atoms with Crippen LogP contribution in [0.5, 0.6) is 0 Å². The molecule has 0 unspecified atom stereocenters. The topological polar surface area (TPSA) is 0 Å². The van der Waals surface area contributed by atoms with Crippen molar-refractivity contribution in [2.75, 3.05) is 0 Å². The second-order valence-electron chi connectivity index (χ2n) is 7.92. The summed E-state index contributed by atoms with van der Waals surface area (Å²) in [5.41, 5.74) is 8.48. The van der Waals surface area contributed by atoms with Crippen LogP contribution >= 0.6 is 0 Å². The first-order valence-corrected chi connectivity index (χ1v) is 11.7. The summed E-state index contributed by atoms with van der Waals surface area (Å²) in [6.07, 6.45) is 0. The Balaban J connectivity index is 2.56. The van der Waals surface area contributed by atoms with Crippen molar-refractivity contribution in [3.63, 3.8) is 0 Å². The Morgan fingerprint density at radius 2 is 0.960 bits per heavy atom. The smallest absolute Gasteiger partial charge is 0.129 e. The average molecular weight is 349 g/mol. The number of rotatable bonds is 5. The zero-order chi connectivity index (χ0) is 18.4. The maximum Gasteiger partial charge on any atom is 0.146 e. The predicted octanol–water partition coefficient (Wildman–Crippen LogP) is 7.04. The van der Waals surface area contributed by atoms with Gasteiger partial charge in [-0.3, -0.25) is 0 Å². The van der Waals surface area contributed by atoms with Crippen LogP contribution in [0.2, 0.25) is 16.6 Å². The Morgan fingerprint density at radius 3 is 1.28 bits per heavy atom. The number of hydrogen-bond acceptors (Lipinski definition) is 0. The lowest BCUT2D eigenvalue weighted by atomic mass is 9.92. The summed E-state index contributed by atoms with van der Waals surface area (Å²) in [4.78, 5) is 0. The van der Waals surface area contributed by atoms with E-state index in [1.807, 2.05) is 0 Å². The molecule has 2 aromatic rings. The fourth-order valence-electron chi connectivity index (χ4n) is 4.28. The first kappa shape index (κ1) is 19.5. The van der Waals surface area contributed by atoms with Gasteiger partial charge in [0.1, 0.15) is 8.07 Å². The zero-order valence-corrected chi connectivity index (χ0v) is 17.6. The van der Waals surface area contributed by atoms with Gasteiger partial charge in [-0.05, 0) is 27.8 Å². The minimum absolute atomic E-state index is 0.158. The van der Waals surface area contributed by atoms with Gasteiger partial charge in [-0.1, -0.05) is 108 Å². The van der Waals surface area contributed by atoms with E-state index in [-0.39, 0.29) is 5.92 Å². The lowest BCUT2D eigenvalue weighted by molar-refractivity contribution is 0.838. The van der Waals surface area contributed by atoms with Gasteiger partial charge in [-0.25, -0.2) is 0 Å². The molecule has 25 heavy (non-hydrogen) atoms. The Hall–Kier alpha value is -1.78. The Kier molecular flexibility index (Phi) is 6.68. The van der Waals surface area contributed by atoms with Gasteiger partial charge in [-0.15, -0.1) is 5.54 Å². The van der Waals surface area contributed by atoms with Gasteiger partial charge < -0.3 is 0 Å². The molecule has 0 spiro atoms. The van der Waals surface area contributed by atoms with Crippen LogP contribution in [-0.4, -0.2) is 8.07 Å². The average Bonchev–Trinajstić information content (AvgIpc) is 2.59. The molecule has 0 heterocycles. The van der Waals surface area contributed by atoms with E-state index in [0.717, 1.165) is 0 Å². The van der Waals surface area contributed by atoms with E-state index in [0.29, 0.717) is 16.6 Å². The monoisotopic (exact) mass is 348 g/mol. The molecule has 0 amide bonds. The number of hydrogen-bond donors (Lipinski definition) is 0. The Bertz CT molecular complexity index is 641. The van der Waals surface area contributed by atoms with Crippen molar-refractivity contribution in [1.82, 2.24) is 0 Å². The van der Waals surface area contributed by atoms with Crippen LogP contribution in [0.4, 0.5) is 0 Å². The normalized spacial score (nSPS) is 11.9. The van der Waals surface area contributed by atoms with Crippen molar-refractivity contribution >= 4 is 8.07 Å². The van der Waals surface area contributed by atoms with Crippen LogP contribution in [0.3, 0.4) is 0 Å². The van der Waals surface area contributed by atoms with E-state index in [9.17, 15) is 0 Å². The van der Waals surface area contributed by atoms with Crippen LogP contribution in [-0.2, 0) is 0 Å². The summed E-state index contributed by atoms with van der Waals surface area (Å²) in [6, 6.07) is 21.4. The minimum atomic E-state index is -1.72. The van der Waals surface area contributed by atoms with Gasteiger partial charge in [0.2, 0.25) is 0 Å². The molecule has 0 aliphatic carbocycles. The maximum atomic E-state index is 3.92. The van der Waals surface area contributed by atoms with Gasteiger partial charge in [0.05, 0.1) is 5.92 Å². The SMILES string of the molecule is CC(C)[Si](C#CC(c1ccccc1)c1ccccc1)(C(C)C)C(C)C. The molecular formula is C24H32Si. The van der Waals surface area contributed by atoms with Crippen molar-refractivity contribution in [1.29, 1.82) is 0 Å². The third kappa shape index (κ3) is 4.25. The molecule has 0 saturated heterocycles. The highest BCUT2D eigenvalue weighted by molar-refractivity contribution is 6.90. The van der Waals surface area contributed by atoms with Crippen molar-refractivity contribution in [2.24, 2.45) is 0 Å². The molecule has 0 aliphatic heterocycles. The Labute approximate surface area is 155 Å². The summed E-state index contributed by atoms with van der Waals surface area (Å²) in [6.45, 7) is 14.3. The molecule has 0 fully saturated rings. The molecule has 2 aromatic carbocycles. The molecular weight excluding hydrogens is 316 g/mol. The van der Waals surface area contributed by atoms with E-state index in [2.05, 4.69) is 114 Å². The van der Waals surface area contributed by atoms with E-state index in [1.54, 1.807) is 0 Å². The van der Waals surface area contributed by atoms with Crippen LogP contribution in [0.15, 0.2) is 60.7 Å². The van der Waals surface area contributed by atoms with Crippen LogP contribution in [0.25, 0.3) is 0 Å². The highest BCUT2D eigenvalue weighted by Gasteiger charge is 2.41. The standard InChI is InChI=1S/C24H32Si/c1-19(2)25(20(3)4,21(5)6)18-17-24(22-13-9-7-10-14-22)23-15-11-8-12-16-23/h7-16,19-21,24H,1-6H3. The molecule has 0 nitrogen and oxygen atoms in total. The molecule has 132 valence electrons. The molecule has 0 aromatic heterocycles. The molecule has 2 rings (SSSR count). The molecule has 0 saturated carbocycles. The largest absolute Gasteiger partial charge is 0.146 e. The molecule has 0 atom stereocenters. The molecule has 1 heteroatoms. The van der Waals surface area contributed by atoms with Gasteiger partial charge >= 0.3 is 0 Å². The van der Waals surface area contributed by atoms with Crippen LogP contribution in [0, 0.1) is 11.5 Å². The summed E-state index contributed by atoms with van der Waals surface area (Å²) in [5, 5.41) is 0. The minimum Gasteiger partial charge on any atom is -0.129 e. The van der Waals surface area contributed by atoms with Gasteiger partial charge in [0, 0.05) is 0 Å². The first-order chi connectivity index (χ1) is 11.9. The first-order valence-electron chi connectivity index (χ1n) is 9.52. The summed E-state index contributed by atoms with van der Waals surface area (Å²) in [5.74, 6) is 3.91. The van der Waals surface area contributed by atoms with Crippen molar-refractivity contribution in [3.05, 3.63) is 71.8 Å². The van der Waals surface area contributed by atoms with Gasteiger partial charge in [0.25, 0.3) is 0 Å². The van der Waals surface area contributed by atoms with Gasteiger partial charge in [-0.2, -0.15) is 0 Å². The second kappa shape index (κ2) is 8.54. The lowest BCUT2D eigenvalue weighted by Gasteiger charge is -2.38. The van der Waals surface area contributed by atoms with E-state index in [4.69, 9.17) is 0 Å². The van der Waals surface area contributed by atoms with Crippen molar-refractivity contribution in [2.45, 2.75) is 64.1 Å². The van der Waals surface area contributed by atoms with Crippen LogP contribution < -0.4 is 0 Å². The highest BCUT2D eigenvalue weighted by atomic mass is 28.3. The lowest BCUT2D eigenvalue weighted by Crippen LogP contribution is -2.43. The van der Waals surface area contributed by atoms with Crippen molar-refractivity contribution < 1.29 is 0 Å².